The van der Waals surface area contributed by atoms with Crippen molar-refractivity contribution < 1.29 is 24.3 Å². The molecule has 3 rings (SSSR count). The molecule has 0 bridgehead atoms. The molecule has 3 atom stereocenters. The van der Waals surface area contributed by atoms with Crippen molar-refractivity contribution in [3.8, 4) is 0 Å². The van der Waals surface area contributed by atoms with Gasteiger partial charge in [-0.25, -0.2) is 4.79 Å². The van der Waals surface area contributed by atoms with Gasteiger partial charge >= 0.3 is 5.97 Å². The number of benzene rings is 2. The van der Waals surface area contributed by atoms with Crippen molar-refractivity contribution in [2.24, 2.45) is 0 Å². The lowest BCUT2D eigenvalue weighted by molar-refractivity contribution is -0.142. The molecule has 2 aromatic carbocycles. The Morgan fingerprint density at radius 2 is 1.61 bits per heavy atom. The lowest BCUT2D eigenvalue weighted by atomic mass is 10.0. The van der Waals surface area contributed by atoms with Gasteiger partial charge in [0.2, 0.25) is 17.7 Å². The molecule has 9 heteroatoms. The number of carbonyl (C=O) groups excluding carboxylic acids is 3. The van der Waals surface area contributed by atoms with Crippen LogP contribution in [0, 0.1) is 3.57 Å². The van der Waals surface area contributed by atoms with Crippen LogP contribution in [0.25, 0.3) is 0 Å². The number of rotatable bonds is 8. The quantitative estimate of drug-likeness (QED) is 0.376. The molecule has 1 saturated heterocycles. The van der Waals surface area contributed by atoms with Crippen molar-refractivity contribution in [1.29, 1.82) is 0 Å². The van der Waals surface area contributed by atoms with Crippen molar-refractivity contribution >= 4 is 46.3 Å². The van der Waals surface area contributed by atoms with E-state index >= 15 is 0 Å². The fourth-order valence-electron chi connectivity index (χ4n) is 3.35. The number of carbonyl (C=O) groups is 4. The number of piperazine rings is 1. The van der Waals surface area contributed by atoms with Gasteiger partial charge in [0, 0.05) is 16.4 Å². The Morgan fingerprint density at radius 1 is 0.968 bits per heavy atom. The van der Waals surface area contributed by atoms with Crippen LogP contribution in [0.4, 0.5) is 0 Å². The smallest absolute Gasteiger partial charge is 0.326 e. The minimum absolute atomic E-state index is 0.111. The molecular weight excluding hydrogens is 513 g/mol. The molecule has 0 unspecified atom stereocenters. The molecule has 1 fully saturated rings. The Morgan fingerprint density at radius 3 is 2.29 bits per heavy atom. The fraction of sp³-hybridized carbons (Fsp3) is 0.273. The highest BCUT2D eigenvalue weighted by molar-refractivity contribution is 14.1. The summed E-state index contributed by atoms with van der Waals surface area (Å²) in [6, 6.07) is 13.7. The van der Waals surface area contributed by atoms with E-state index in [1.807, 2.05) is 48.5 Å². The van der Waals surface area contributed by atoms with Crippen LogP contribution < -0.4 is 16.0 Å². The highest BCUT2D eigenvalue weighted by Crippen LogP contribution is 2.11. The van der Waals surface area contributed by atoms with Gasteiger partial charge in [-0.2, -0.15) is 0 Å². The van der Waals surface area contributed by atoms with E-state index in [0.717, 1.165) is 14.7 Å². The summed E-state index contributed by atoms with van der Waals surface area (Å²) >= 11 is 2.12. The van der Waals surface area contributed by atoms with Gasteiger partial charge in [-0.1, -0.05) is 42.5 Å². The second kappa shape index (κ2) is 10.4. The number of carboxylic acids is 1. The maximum atomic E-state index is 12.4. The van der Waals surface area contributed by atoms with Gasteiger partial charge in [0.05, 0.1) is 6.42 Å². The molecule has 8 nitrogen and oxygen atoms in total. The Hall–Kier alpha value is -2.95. The van der Waals surface area contributed by atoms with Crippen LogP contribution in [0.15, 0.2) is 54.6 Å². The number of amides is 3. The van der Waals surface area contributed by atoms with Gasteiger partial charge in [0.15, 0.2) is 0 Å². The zero-order chi connectivity index (χ0) is 22.4. The lowest BCUT2D eigenvalue weighted by Gasteiger charge is -2.29. The predicted octanol–water partition coefficient (Wildman–Crippen LogP) is 1.02. The lowest BCUT2D eigenvalue weighted by Crippen LogP contribution is -2.63. The minimum Gasteiger partial charge on any atom is -0.480 e. The molecule has 0 aliphatic carbocycles. The van der Waals surface area contributed by atoms with Crippen molar-refractivity contribution in [1.82, 2.24) is 16.0 Å². The molecule has 1 heterocycles. The van der Waals surface area contributed by atoms with E-state index in [2.05, 4.69) is 38.5 Å². The first-order valence-electron chi connectivity index (χ1n) is 9.73. The summed E-state index contributed by atoms with van der Waals surface area (Å²) in [4.78, 5) is 48.8. The third kappa shape index (κ3) is 6.51. The molecule has 31 heavy (non-hydrogen) atoms. The van der Waals surface area contributed by atoms with E-state index in [0.29, 0.717) is 6.42 Å². The summed E-state index contributed by atoms with van der Waals surface area (Å²) < 4.78 is 0.956. The number of carboxylic acid groups (broad SMARTS) is 1. The summed E-state index contributed by atoms with van der Waals surface area (Å²) in [6.07, 6.45) is 0.111. The number of hydrogen-bond donors (Lipinski definition) is 4. The number of hydrogen-bond acceptors (Lipinski definition) is 4. The largest absolute Gasteiger partial charge is 0.480 e. The first-order chi connectivity index (χ1) is 14.8. The number of halogens is 1. The van der Waals surface area contributed by atoms with Gasteiger partial charge in [-0.15, -0.1) is 0 Å². The third-order valence-corrected chi connectivity index (χ3v) is 5.57. The zero-order valence-corrected chi connectivity index (χ0v) is 18.7. The Bertz CT molecular complexity index is 982. The standard InChI is InChI=1S/C22H22IN3O5/c23-15-8-4-7-14(9-15)11-18(22(30)31)24-19(27)12-17-21(29)25-16(20(28)26-17)10-13-5-2-1-3-6-13/h1-9,16-18H,10-12H2,(H,24,27)(H,25,29)(H,26,28)(H,30,31)/t16-,17-,18+/m0/s1. The van der Waals surface area contributed by atoms with Crippen molar-refractivity contribution in [3.05, 3.63) is 69.3 Å². The third-order valence-electron chi connectivity index (χ3n) is 4.90. The molecule has 0 spiro atoms. The second-order valence-electron chi connectivity index (χ2n) is 7.31. The Kier molecular flexibility index (Phi) is 7.61. The summed E-state index contributed by atoms with van der Waals surface area (Å²) in [5, 5.41) is 17.1. The number of nitrogens with one attached hydrogen (secondary N) is 3. The van der Waals surface area contributed by atoms with Crippen molar-refractivity contribution in [2.45, 2.75) is 37.4 Å². The van der Waals surface area contributed by atoms with Gasteiger partial charge in [0.1, 0.15) is 18.1 Å². The zero-order valence-electron chi connectivity index (χ0n) is 16.5. The molecule has 3 amide bonds. The Labute approximate surface area is 192 Å². The average molecular weight is 535 g/mol. The molecule has 0 aromatic heterocycles. The van der Waals surface area contributed by atoms with Crippen LogP contribution in [0.2, 0.25) is 0 Å². The van der Waals surface area contributed by atoms with Gasteiger partial charge < -0.3 is 21.1 Å². The summed E-state index contributed by atoms with van der Waals surface area (Å²) in [7, 11) is 0. The van der Waals surface area contributed by atoms with E-state index in [4.69, 9.17) is 0 Å². The predicted molar refractivity (Wildman–Crippen MR) is 121 cm³/mol. The topological polar surface area (TPSA) is 125 Å². The number of aliphatic carboxylic acids is 1. The van der Waals surface area contributed by atoms with Crippen LogP contribution >= 0.6 is 22.6 Å². The van der Waals surface area contributed by atoms with E-state index in [9.17, 15) is 24.3 Å². The molecule has 2 aromatic rings. The van der Waals surface area contributed by atoms with E-state index < -0.39 is 35.9 Å². The summed E-state index contributed by atoms with van der Waals surface area (Å²) in [5.74, 6) is -2.65. The van der Waals surface area contributed by atoms with E-state index in [-0.39, 0.29) is 18.7 Å². The van der Waals surface area contributed by atoms with Gasteiger partial charge in [-0.3, -0.25) is 14.4 Å². The minimum atomic E-state index is -1.17. The maximum absolute atomic E-state index is 12.4. The van der Waals surface area contributed by atoms with E-state index in [1.54, 1.807) is 6.07 Å². The summed E-state index contributed by atoms with van der Waals surface area (Å²) in [5.41, 5.74) is 1.67. The van der Waals surface area contributed by atoms with E-state index in [1.165, 1.54) is 0 Å². The first kappa shape index (κ1) is 22.7. The van der Waals surface area contributed by atoms with Crippen LogP contribution in [-0.4, -0.2) is 46.9 Å². The van der Waals surface area contributed by atoms with Crippen LogP contribution in [0.5, 0.6) is 0 Å². The molecule has 0 radical (unpaired) electrons. The van der Waals surface area contributed by atoms with Gasteiger partial charge in [0.25, 0.3) is 0 Å². The SMILES string of the molecule is O=C(C[C@@H]1NC(=O)[C@H](Cc2ccccc2)NC1=O)N[C@H](Cc1cccc(I)c1)C(=O)O. The van der Waals surface area contributed by atoms with Crippen molar-refractivity contribution in [2.75, 3.05) is 0 Å². The first-order valence-corrected chi connectivity index (χ1v) is 10.8. The molecule has 0 saturated carbocycles. The molecule has 4 N–H and O–H groups in total. The van der Waals surface area contributed by atoms with Crippen LogP contribution in [0.3, 0.4) is 0 Å². The average Bonchev–Trinajstić information content (AvgIpc) is 2.72. The maximum Gasteiger partial charge on any atom is 0.326 e. The fourth-order valence-corrected chi connectivity index (χ4v) is 3.96. The van der Waals surface area contributed by atoms with Crippen LogP contribution in [-0.2, 0) is 32.0 Å². The highest BCUT2D eigenvalue weighted by atomic mass is 127. The molecule has 1 aliphatic heterocycles. The van der Waals surface area contributed by atoms with Crippen LogP contribution in [0.1, 0.15) is 17.5 Å². The Balaban J connectivity index is 1.56. The molecule has 1 aliphatic rings. The van der Waals surface area contributed by atoms with Crippen molar-refractivity contribution in [3.63, 3.8) is 0 Å². The normalized spacial score (nSPS) is 19.1. The molecular formula is C22H22IN3O5. The summed E-state index contributed by atoms with van der Waals surface area (Å²) in [6.45, 7) is 0. The molecule has 162 valence electrons. The van der Waals surface area contributed by atoms with Gasteiger partial charge in [-0.05, 0) is 45.9 Å². The highest BCUT2D eigenvalue weighted by Gasteiger charge is 2.35. The second-order valence-corrected chi connectivity index (χ2v) is 8.55. The monoisotopic (exact) mass is 535 g/mol.